The van der Waals surface area contributed by atoms with Crippen molar-refractivity contribution in [3.8, 4) is 23.1 Å². The van der Waals surface area contributed by atoms with E-state index in [1.54, 1.807) is 30.2 Å². The third kappa shape index (κ3) is 3.73. The van der Waals surface area contributed by atoms with Crippen LogP contribution in [0.15, 0.2) is 84.3 Å². The molecule has 4 aromatic rings. The Bertz CT molecular complexity index is 1080. The molecule has 0 aliphatic heterocycles. The Balaban J connectivity index is 1.70. The second-order valence-corrected chi connectivity index (χ2v) is 6.76. The second kappa shape index (κ2) is 7.85. The van der Waals surface area contributed by atoms with Crippen LogP contribution in [0.4, 0.5) is 0 Å². The van der Waals surface area contributed by atoms with E-state index in [2.05, 4.69) is 21.3 Å². The highest BCUT2D eigenvalue weighted by molar-refractivity contribution is 7.98. The minimum absolute atomic E-state index is 0.661. The number of hydrogen-bond donors (Lipinski definition) is 0. The molecule has 27 heavy (non-hydrogen) atoms. The molecule has 0 bridgehead atoms. The van der Waals surface area contributed by atoms with Crippen LogP contribution in [0, 0.1) is 11.3 Å². The summed E-state index contributed by atoms with van der Waals surface area (Å²) in [6.45, 7) is 0. The highest BCUT2D eigenvalue weighted by atomic mass is 32.2. The summed E-state index contributed by atoms with van der Waals surface area (Å²) in [7, 11) is 0. The largest absolute Gasteiger partial charge is 0.270 e. The number of pyridine rings is 1. The number of thioether (sulfide) groups is 1. The molecule has 6 heteroatoms. The van der Waals surface area contributed by atoms with E-state index >= 15 is 0 Å². The molecule has 0 amide bonds. The van der Waals surface area contributed by atoms with Gasteiger partial charge in [-0.1, -0.05) is 42.1 Å². The summed E-state index contributed by atoms with van der Waals surface area (Å²) in [6, 6.07) is 23.7. The van der Waals surface area contributed by atoms with Crippen LogP contribution in [0.1, 0.15) is 11.1 Å². The second-order valence-electron chi connectivity index (χ2n) is 5.82. The van der Waals surface area contributed by atoms with Crippen LogP contribution in [0.2, 0.25) is 0 Å². The fraction of sp³-hybridized carbons (Fsp3) is 0.0476. The summed E-state index contributed by atoms with van der Waals surface area (Å²) in [5.41, 5.74) is 3.64. The fourth-order valence-electron chi connectivity index (χ4n) is 2.73. The van der Waals surface area contributed by atoms with Crippen molar-refractivity contribution in [1.82, 2.24) is 19.7 Å². The quantitative estimate of drug-likeness (QED) is 0.485. The molecule has 2 aromatic carbocycles. The predicted molar refractivity (Wildman–Crippen MR) is 105 cm³/mol. The zero-order chi connectivity index (χ0) is 18.5. The van der Waals surface area contributed by atoms with Gasteiger partial charge in [0.15, 0.2) is 11.0 Å². The van der Waals surface area contributed by atoms with Crippen LogP contribution in [0.5, 0.6) is 0 Å². The molecular formula is C21H15N5S. The van der Waals surface area contributed by atoms with E-state index in [4.69, 9.17) is 5.26 Å². The van der Waals surface area contributed by atoms with Crippen LogP contribution in [-0.4, -0.2) is 19.7 Å². The van der Waals surface area contributed by atoms with E-state index in [-0.39, 0.29) is 0 Å². The average Bonchev–Trinajstić information content (AvgIpc) is 3.17. The number of nitrogens with zero attached hydrogens (tertiary/aromatic N) is 5. The third-order valence-electron chi connectivity index (χ3n) is 3.99. The lowest BCUT2D eigenvalue weighted by molar-refractivity contribution is 0.886. The first-order valence-electron chi connectivity index (χ1n) is 8.38. The van der Waals surface area contributed by atoms with E-state index in [1.807, 2.05) is 65.2 Å². The maximum absolute atomic E-state index is 9.08. The van der Waals surface area contributed by atoms with Crippen LogP contribution < -0.4 is 0 Å². The maximum Gasteiger partial charge on any atom is 0.196 e. The van der Waals surface area contributed by atoms with Gasteiger partial charge >= 0.3 is 0 Å². The average molecular weight is 369 g/mol. The molecule has 2 aromatic heterocycles. The van der Waals surface area contributed by atoms with Gasteiger partial charge in [-0.2, -0.15) is 5.26 Å². The van der Waals surface area contributed by atoms with Gasteiger partial charge in [-0.15, -0.1) is 10.2 Å². The Hall–Kier alpha value is -3.43. The molecule has 2 heterocycles. The smallest absolute Gasteiger partial charge is 0.196 e. The van der Waals surface area contributed by atoms with Crippen molar-refractivity contribution in [3.63, 3.8) is 0 Å². The summed E-state index contributed by atoms with van der Waals surface area (Å²) in [6.07, 6.45) is 3.53. The zero-order valence-electron chi connectivity index (χ0n) is 14.4. The minimum Gasteiger partial charge on any atom is -0.270 e. The van der Waals surface area contributed by atoms with Gasteiger partial charge in [0.1, 0.15) is 0 Å². The molecule has 0 radical (unpaired) electrons. The number of rotatable bonds is 5. The van der Waals surface area contributed by atoms with Crippen LogP contribution >= 0.6 is 11.8 Å². The lowest BCUT2D eigenvalue weighted by Gasteiger charge is -2.10. The summed E-state index contributed by atoms with van der Waals surface area (Å²) in [5, 5.41) is 18.7. The highest BCUT2D eigenvalue weighted by Crippen LogP contribution is 2.29. The van der Waals surface area contributed by atoms with Crippen molar-refractivity contribution in [2.75, 3.05) is 0 Å². The van der Waals surface area contributed by atoms with Crippen LogP contribution in [0.3, 0.4) is 0 Å². The van der Waals surface area contributed by atoms with E-state index in [0.29, 0.717) is 11.3 Å². The van der Waals surface area contributed by atoms with Gasteiger partial charge in [-0.3, -0.25) is 9.55 Å². The molecule has 0 aliphatic rings. The number of hydrogen-bond acceptors (Lipinski definition) is 5. The van der Waals surface area contributed by atoms with E-state index < -0.39 is 0 Å². The normalized spacial score (nSPS) is 10.5. The molecule has 0 unspecified atom stereocenters. The summed E-state index contributed by atoms with van der Waals surface area (Å²) in [5.74, 6) is 1.45. The molecule has 130 valence electrons. The lowest BCUT2D eigenvalue weighted by atomic mass is 10.2. The Morgan fingerprint density at radius 2 is 1.85 bits per heavy atom. The van der Waals surface area contributed by atoms with Gasteiger partial charge in [0, 0.05) is 29.4 Å². The molecular weight excluding hydrogens is 354 g/mol. The van der Waals surface area contributed by atoms with Gasteiger partial charge in [0.25, 0.3) is 0 Å². The molecule has 0 spiro atoms. The number of aromatic nitrogens is 4. The Labute approximate surface area is 161 Å². The van der Waals surface area contributed by atoms with E-state index in [0.717, 1.165) is 27.8 Å². The van der Waals surface area contributed by atoms with Gasteiger partial charge in [0.05, 0.1) is 11.6 Å². The molecule has 0 atom stereocenters. The van der Waals surface area contributed by atoms with Gasteiger partial charge < -0.3 is 0 Å². The van der Waals surface area contributed by atoms with Gasteiger partial charge in [-0.05, 0) is 42.0 Å². The number of nitriles is 1. The van der Waals surface area contributed by atoms with Crippen molar-refractivity contribution < 1.29 is 0 Å². The molecule has 5 nitrogen and oxygen atoms in total. The van der Waals surface area contributed by atoms with Crippen molar-refractivity contribution >= 4 is 11.8 Å². The predicted octanol–water partition coefficient (Wildman–Crippen LogP) is 4.49. The van der Waals surface area contributed by atoms with Crippen molar-refractivity contribution in [3.05, 3.63) is 90.3 Å². The van der Waals surface area contributed by atoms with Crippen molar-refractivity contribution in [1.29, 1.82) is 5.26 Å². The zero-order valence-corrected chi connectivity index (χ0v) is 15.2. The molecule has 4 rings (SSSR count). The maximum atomic E-state index is 9.08. The Kier molecular flexibility index (Phi) is 4.95. The molecule has 0 aliphatic carbocycles. The minimum atomic E-state index is 0.661. The van der Waals surface area contributed by atoms with E-state index in [1.165, 1.54) is 0 Å². The first kappa shape index (κ1) is 17.0. The topological polar surface area (TPSA) is 67.4 Å². The van der Waals surface area contributed by atoms with E-state index in [9.17, 15) is 0 Å². The SMILES string of the molecule is N#Cc1cccc(CSc2nnc(-c3cccnc3)n2-c2ccccc2)c1. The lowest BCUT2D eigenvalue weighted by Crippen LogP contribution is -1.99. The molecule has 0 saturated carbocycles. The summed E-state index contributed by atoms with van der Waals surface area (Å²) >= 11 is 1.59. The first-order valence-corrected chi connectivity index (χ1v) is 9.37. The fourth-order valence-corrected chi connectivity index (χ4v) is 3.63. The van der Waals surface area contributed by atoms with Crippen molar-refractivity contribution in [2.24, 2.45) is 0 Å². The number of para-hydroxylation sites is 1. The van der Waals surface area contributed by atoms with Gasteiger partial charge in [0.2, 0.25) is 0 Å². The standard InChI is InChI=1S/C21H15N5S/c22-13-16-6-4-7-17(12-16)15-27-21-25-24-20(18-8-5-11-23-14-18)26(21)19-9-2-1-3-10-19/h1-12,14H,15H2. The third-order valence-corrected chi connectivity index (χ3v) is 4.99. The molecule has 0 saturated heterocycles. The molecule has 0 N–H and O–H groups in total. The summed E-state index contributed by atoms with van der Waals surface area (Å²) < 4.78 is 2.04. The summed E-state index contributed by atoms with van der Waals surface area (Å²) in [4.78, 5) is 4.20. The monoisotopic (exact) mass is 369 g/mol. The van der Waals surface area contributed by atoms with Crippen LogP contribution in [0.25, 0.3) is 17.1 Å². The first-order chi connectivity index (χ1) is 13.3. The van der Waals surface area contributed by atoms with Gasteiger partial charge in [-0.25, -0.2) is 0 Å². The number of benzene rings is 2. The molecule has 0 fully saturated rings. The Morgan fingerprint density at radius 1 is 0.963 bits per heavy atom. The highest BCUT2D eigenvalue weighted by Gasteiger charge is 2.16. The Morgan fingerprint density at radius 3 is 2.63 bits per heavy atom. The van der Waals surface area contributed by atoms with Crippen molar-refractivity contribution in [2.45, 2.75) is 10.9 Å². The van der Waals surface area contributed by atoms with Crippen LogP contribution in [-0.2, 0) is 5.75 Å².